The zero-order valence-corrected chi connectivity index (χ0v) is 50.5. The van der Waals surface area contributed by atoms with Crippen LogP contribution in [0.5, 0.6) is 11.5 Å². The summed E-state index contributed by atoms with van der Waals surface area (Å²) in [5, 5.41) is 2.23. The van der Waals surface area contributed by atoms with Crippen molar-refractivity contribution in [3.8, 4) is 17.3 Å². The summed E-state index contributed by atoms with van der Waals surface area (Å²) in [6, 6.07) is 54.0. The number of hydrogen-bond donors (Lipinski definition) is 0. The molecule has 0 unspecified atom stereocenters. The molecule has 5 heterocycles. The number of ether oxygens (including phenoxy) is 1. The third-order valence-corrected chi connectivity index (χ3v) is 15.5. The molecule has 0 amide bonds. The Kier molecular flexibility index (Phi) is 13.9. The van der Waals surface area contributed by atoms with Crippen molar-refractivity contribution < 1.29 is 25.8 Å². The number of fused-ring (bicyclic) bond motifs is 5. The minimum atomic E-state index is -0.0853. The Morgan fingerprint density at radius 2 is 1.10 bits per heavy atom. The predicted molar refractivity (Wildman–Crippen MR) is 325 cm³/mol. The van der Waals surface area contributed by atoms with Crippen LogP contribution in [0.15, 0.2) is 170 Å². The molecular weight excluding hydrogens is 1130 g/mol. The van der Waals surface area contributed by atoms with Gasteiger partial charge < -0.3 is 23.9 Å². The molecule has 400 valence electrons. The number of rotatable bonds is 7. The van der Waals surface area contributed by atoms with Gasteiger partial charge in [0, 0.05) is 73.1 Å². The largest absolute Gasteiger partial charge is 0.509 e. The van der Waals surface area contributed by atoms with Crippen LogP contribution in [0.2, 0.25) is 0 Å². The molecule has 6 nitrogen and oxygen atoms in total. The molecule has 3 aliphatic heterocycles. The van der Waals surface area contributed by atoms with E-state index in [9.17, 15) is 0 Å². The van der Waals surface area contributed by atoms with Crippen LogP contribution >= 0.6 is 0 Å². The zero-order valence-electron chi connectivity index (χ0n) is 48.2. The monoisotopic (exact) mass is 1210 g/mol. The fourth-order valence-corrected chi connectivity index (χ4v) is 10.9. The molecule has 11 rings (SSSR count). The van der Waals surface area contributed by atoms with E-state index in [4.69, 9.17) is 9.72 Å². The summed E-state index contributed by atoms with van der Waals surface area (Å²) in [7, 11) is 0. The Morgan fingerprint density at radius 1 is 0.526 bits per heavy atom. The van der Waals surface area contributed by atoms with Gasteiger partial charge in [0.05, 0.1) is 0 Å². The maximum absolute atomic E-state index is 6.81. The Hall–Kier alpha value is -6.82. The van der Waals surface area contributed by atoms with Gasteiger partial charge in [0.25, 0.3) is 0 Å². The van der Waals surface area contributed by atoms with Crippen molar-refractivity contribution in [1.29, 1.82) is 0 Å². The molecule has 0 fully saturated rings. The van der Waals surface area contributed by atoms with Crippen molar-refractivity contribution >= 4 is 56.8 Å². The topological polar surface area (TPSA) is 36.8 Å². The van der Waals surface area contributed by atoms with E-state index >= 15 is 0 Å². The van der Waals surface area contributed by atoms with Gasteiger partial charge in [-0.05, 0) is 119 Å². The maximum atomic E-state index is 6.81. The number of pyridine rings is 1. The second kappa shape index (κ2) is 19.8. The quantitative estimate of drug-likeness (QED) is 0.117. The predicted octanol–water partition coefficient (Wildman–Crippen LogP) is 18.1. The summed E-state index contributed by atoms with van der Waals surface area (Å²) >= 11 is 0. The van der Waals surface area contributed by atoms with Crippen LogP contribution in [0.25, 0.3) is 38.7 Å². The fraction of sp³-hybridized carbons (Fsp3) is 0.286. The number of allylic oxidation sites excluding steroid dienone is 3. The molecule has 6 aromatic carbocycles. The molecule has 0 N–H and O–H groups in total. The van der Waals surface area contributed by atoms with Crippen LogP contribution in [-0.2, 0) is 48.1 Å². The number of nitrogens with zero attached hydrogens (tertiary/aromatic N) is 5. The molecule has 0 aliphatic carbocycles. The maximum Gasteiger partial charge on any atom is 0.322 e. The van der Waals surface area contributed by atoms with E-state index in [0.29, 0.717) is 11.5 Å². The average molecular weight is 1210 g/mol. The summed E-state index contributed by atoms with van der Waals surface area (Å²) in [6.45, 7) is 36.9. The first kappa shape index (κ1) is 54.5. The van der Waals surface area contributed by atoms with E-state index in [-0.39, 0.29) is 55.0 Å². The summed E-state index contributed by atoms with van der Waals surface area (Å²) in [5.41, 5.74) is 17.0. The van der Waals surface area contributed by atoms with Gasteiger partial charge in [-0.1, -0.05) is 188 Å². The number of anilines is 3. The minimum absolute atomic E-state index is 0. The third kappa shape index (κ3) is 10.2. The Labute approximate surface area is 479 Å². The van der Waals surface area contributed by atoms with Crippen molar-refractivity contribution in [3.05, 3.63) is 228 Å². The summed E-state index contributed by atoms with van der Waals surface area (Å²) < 4.78 is 9.02. The van der Waals surface area contributed by atoms with E-state index in [0.717, 1.165) is 56.0 Å². The summed E-state index contributed by atoms with van der Waals surface area (Å²) in [5.74, 6) is 4.40. The second-order valence-corrected chi connectivity index (χ2v) is 26.5. The Bertz CT molecular complexity index is 3700. The molecule has 0 saturated carbocycles. The van der Waals surface area contributed by atoms with Gasteiger partial charge in [-0.15, -0.1) is 48.1 Å². The number of aromatic nitrogens is 2. The standard InChI is InChI=1S/C70H73BN5O.Pt/c1-66(2,3)48-31-33-72-63(41-48)76-59-26-17-16-25-56(59)57-30-29-55(43-62(57)76)77-54-24-22-23-53(42-54)74-45-75(61-28-19-18-27-60(61)74)65-58(46-35-49(67(4,5)6)39-50(36-46)68(7,8)9)44-73-34-21-20-32-71(73)64(65)47-37-51(69(10,11)12)40-52(38-47)70(13,14)15;/h16-41,44-45H,1-15H3;/q-3;. The van der Waals surface area contributed by atoms with E-state index in [2.05, 4.69) is 288 Å². The minimum Gasteiger partial charge on any atom is -0.509 e. The number of benzene rings is 6. The van der Waals surface area contributed by atoms with Crippen LogP contribution in [0, 0.1) is 18.8 Å². The van der Waals surface area contributed by atoms with Crippen LogP contribution in [-0.4, -0.2) is 21.2 Å². The molecule has 2 aromatic heterocycles. The SMILES string of the molecule is CC(C)(C)c1cc(C2=CN3C=CC=CB3C(c3cc(C(C)(C)C)cc(C(C)(C)C)c3)=C2N2[CH-]N(c3[c-]c(Oc4[c-]c5c(cc4)c4ccccc4n5-c4cc(C(C)(C)C)ccn4)ccc3)c3ccccc32)cc(C(C)(C)C)c1.[Pt]. The van der Waals surface area contributed by atoms with E-state index in [1.165, 1.54) is 44.4 Å². The summed E-state index contributed by atoms with van der Waals surface area (Å²) in [4.78, 5) is 12.0. The van der Waals surface area contributed by atoms with Gasteiger partial charge in [-0.3, -0.25) is 0 Å². The Morgan fingerprint density at radius 3 is 1.73 bits per heavy atom. The molecule has 8 heteroatoms. The van der Waals surface area contributed by atoms with E-state index in [1.807, 2.05) is 18.3 Å². The van der Waals surface area contributed by atoms with Gasteiger partial charge in [-0.25, -0.2) is 4.98 Å². The van der Waals surface area contributed by atoms with E-state index < -0.39 is 0 Å². The van der Waals surface area contributed by atoms with Crippen LogP contribution in [0.3, 0.4) is 0 Å². The number of hydrogen-bond acceptors (Lipinski definition) is 5. The van der Waals surface area contributed by atoms with Gasteiger partial charge >= 0.3 is 6.85 Å². The second-order valence-electron chi connectivity index (χ2n) is 26.5. The first-order valence-electron chi connectivity index (χ1n) is 27.4. The van der Waals surface area contributed by atoms with Crippen molar-refractivity contribution in [2.45, 2.75) is 131 Å². The normalized spacial score (nSPS) is 15.0. The Balaban J connectivity index is 0.00000688. The van der Waals surface area contributed by atoms with Crippen molar-refractivity contribution in [2.24, 2.45) is 0 Å². The van der Waals surface area contributed by atoms with Crippen molar-refractivity contribution in [3.63, 3.8) is 0 Å². The zero-order chi connectivity index (χ0) is 54.6. The summed E-state index contributed by atoms with van der Waals surface area (Å²) in [6.07, 6.45) is 10.9. The first-order valence-corrected chi connectivity index (χ1v) is 27.4. The third-order valence-electron chi connectivity index (χ3n) is 15.5. The van der Waals surface area contributed by atoms with Gasteiger partial charge in [0.1, 0.15) is 5.82 Å². The first-order chi connectivity index (χ1) is 36.3. The van der Waals surface area contributed by atoms with Crippen LogP contribution < -0.4 is 14.5 Å². The van der Waals surface area contributed by atoms with Gasteiger partial charge in [-0.2, -0.15) is 12.1 Å². The van der Waals surface area contributed by atoms with Crippen LogP contribution in [0.4, 0.5) is 17.1 Å². The molecule has 0 saturated heterocycles. The molecule has 8 aromatic rings. The van der Waals surface area contributed by atoms with Crippen molar-refractivity contribution in [2.75, 3.05) is 9.80 Å². The van der Waals surface area contributed by atoms with Crippen LogP contribution in [0.1, 0.15) is 143 Å². The molecule has 0 atom stereocenters. The molecule has 0 spiro atoms. The molecule has 0 radical (unpaired) electrons. The molecule has 78 heavy (non-hydrogen) atoms. The van der Waals surface area contributed by atoms with Crippen molar-refractivity contribution in [1.82, 2.24) is 14.4 Å². The number of para-hydroxylation sites is 3. The average Bonchev–Trinajstić information content (AvgIpc) is 4.06. The molecule has 3 aliphatic rings. The van der Waals surface area contributed by atoms with E-state index in [1.54, 1.807) is 0 Å². The molecular formula is C70H73BN5OPt-3. The fourth-order valence-electron chi connectivity index (χ4n) is 10.9. The smallest absolute Gasteiger partial charge is 0.322 e. The molecule has 0 bridgehead atoms. The van der Waals surface area contributed by atoms with Gasteiger partial charge in [0.15, 0.2) is 0 Å². The van der Waals surface area contributed by atoms with Gasteiger partial charge in [0.2, 0.25) is 0 Å².